The van der Waals surface area contributed by atoms with E-state index in [9.17, 15) is 18.0 Å². The Morgan fingerprint density at radius 3 is 2.11 bits per heavy atom. The lowest BCUT2D eigenvalue weighted by Crippen LogP contribution is -2.04. The first-order valence-corrected chi connectivity index (χ1v) is 5.73. The molecule has 0 radical (unpaired) electrons. The molecule has 0 N–H and O–H groups in total. The molecule has 5 heteroatoms. The highest BCUT2D eigenvalue weighted by Gasteiger charge is 2.16. The second kappa shape index (κ2) is 4.94. The third kappa shape index (κ3) is 2.46. The van der Waals surface area contributed by atoms with Crippen molar-refractivity contribution in [1.82, 2.24) is 0 Å². The highest BCUT2D eigenvalue weighted by molar-refractivity contribution is 9.10. The van der Waals surface area contributed by atoms with Crippen LogP contribution in [0.15, 0.2) is 40.9 Å². The first kappa shape index (κ1) is 12.8. The summed E-state index contributed by atoms with van der Waals surface area (Å²) in [6.07, 6.45) is 0. The maximum absolute atomic E-state index is 13.0. The average molecular weight is 315 g/mol. The van der Waals surface area contributed by atoms with Gasteiger partial charge in [-0.3, -0.25) is 4.79 Å². The Bertz CT molecular complexity index is 602. The van der Waals surface area contributed by atoms with E-state index in [1.54, 1.807) is 12.1 Å². The fourth-order valence-electron chi connectivity index (χ4n) is 1.48. The van der Waals surface area contributed by atoms with Gasteiger partial charge >= 0.3 is 0 Å². The summed E-state index contributed by atoms with van der Waals surface area (Å²) >= 11 is 3.18. The molecule has 0 saturated heterocycles. The standard InChI is InChI=1S/C13H6BrF3O/c14-9-3-1-2-7(4-9)13(18)8-5-10(15)12(17)11(16)6-8/h1-6H. The lowest BCUT2D eigenvalue weighted by Gasteiger charge is -2.03. The van der Waals surface area contributed by atoms with Crippen LogP contribution in [-0.4, -0.2) is 5.78 Å². The van der Waals surface area contributed by atoms with Crippen LogP contribution in [0.3, 0.4) is 0 Å². The van der Waals surface area contributed by atoms with Gasteiger partial charge in [-0.25, -0.2) is 13.2 Å². The summed E-state index contributed by atoms with van der Waals surface area (Å²) in [5.41, 5.74) is 0.0271. The van der Waals surface area contributed by atoms with E-state index in [0.29, 0.717) is 16.6 Å². The first-order valence-electron chi connectivity index (χ1n) is 4.94. The summed E-state index contributed by atoms with van der Waals surface area (Å²) in [5.74, 6) is -4.92. The fraction of sp³-hybridized carbons (Fsp3) is 0. The van der Waals surface area contributed by atoms with Crippen molar-refractivity contribution < 1.29 is 18.0 Å². The lowest BCUT2D eigenvalue weighted by molar-refractivity contribution is 0.103. The zero-order chi connectivity index (χ0) is 13.3. The van der Waals surface area contributed by atoms with Gasteiger partial charge in [-0.15, -0.1) is 0 Å². The number of benzene rings is 2. The summed E-state index contributed by atoms with van der Waals surface area (Å²) in [5, 5.41) is 0. The van der Waals surface area contributed by atoms with Crippen molar-refractivity contribution in [3.63, 3.8) is 0 Å². The van der Waals surface area contributed by atoms with E-state index in [1.807, 2.05) is 0 Å². The number of rotatable bonds is 2. The van der Waals surface area contributed by atoms with Gasteiger partial charge in [0.2, 0.25) is 0 Å². The third-order valence-corrected chi connectivity index (χ3v) is 2.83. The predicted octanol–water partition coefficient (Wildman–Crippen LogP) is 4.10. The van der Waals surface area contributed by atoms with Gasteiger partial charge in [-0.2, -0.15) is 0 Å². The molecule has 0 spiro atoms. The van der Waals surface area contributed by atoms with Crippen molar-refractivity contribution in [1.29, 1.82) is 0 Å². The van der Waals surface area contributed by atoms with E-state index in [0.717, 1.165) is 0 Å². The maximum Gasteiger partial charge on any atom is 0.194 e. The molecule has 2 aromatic carbocycles. The zero-order valence-corrected chi connectivity index (χ0v) is 10.5. The summed E-state index contributed by atoms with van der Waals surface area (Å²) in [4.78, 5) is 11.9. The number of hydrogen-bond donors (Lipinski definition) is 0. The molecule has 0 fully saturated rings. The van der Waals surface area contributed by atoms with Gasteiger partial charge in [-0.05, 0) is 24.3 Å². The zero-order valence-electron chi connectivity index (χ0n) is 8.88. The Labute approximate surface area is 109 Å². The smallest absolute Gasteiger partial charge is 0.194 e. The molecule has 0 atom stereocenters. The minimum absolute atomic E-state index is 0.232. The van der Waals surface area contributed by atoms with Crippen LogP contribution in [-0.2, 0) is 0 Å². The van der Waals surface area contributed by atoms with Crippen LogP contribution < -0.4 is 0 Å². The molecule has 92 valence electrons. The number of hydrogen-bond acceptors (Lipinski definition) is 1. The normalized spacial score (nSPS) is 10.4. The van der Waals surface area contributed by atoms with Crippen LogP contribution in [0.25, 0.3) is 0 Å². The molecular formula is C13H6BrF3O. The molecule has 0 unspecified atom stereocenters. The van der Waals surface area contributed by atoms with Crippen molar-refractivity contribution in [3.05, 3.63) is 69.4 Å². The van der Waals surface area contributed by atoms with Crippen LogP contribution in [0.2, 0.25) is 0 Å². The Morgan fingerprint density at radius 1 is 0.944 bits per heavy atom. The van der Waals surface area contributed by atoms with Crippen molar-refractivity contribution in [2.45, 2.75) is 0 Å². The second-order valence-electron chi connectivity index (χ2n) is 3.59. The third-order valence-electron chi connectivity index (χ3n) is 2.33. The molecule has 18 heavy (non-hydrogen) atoms. The molecule has 0 amide bonds. The van der Waals surface area contributed by atoms with Gasteiger partial charge in [-0.1, -0.05) is 28.1 Å². The predicted molar refractivity (Wildman–Crippen MR) is 63.9 cm³/mol. The molecule has 2 aromatic rings. The van der Waals surface area contributed by atoms with Gasteiger partial charge in [0, 0.05) is 15.6 Å². The number of carbonyl (C=O) groups excluding carboxylic acids is 1. The summed E-state index contributed by atoms with van der Waals surface area (Å²) in [6, 6.07) is 7.72. The van der Waals surface area contributed by atoms with Gasteiger partial charge in [0.05, 0.1) is 0 Å². The van der Waals surface area contributed by atoms with E-state index in [4.69, 9.17) is 0 Å². The van der Waals surface area contributed by atoms with Gasteiger partial charge in [0.15, 0.2) is 23.2 Å². The lowest BCUT2D eigenvalue weighted by atomic mass is 10.0. The van der Waals surface area contributed by atoms with Crippen LogP contribution in [0.1, 0.15) is 15.9 Å². The van der Waals surface area contributed by atoms with E-state index >= 15 is 0 Å². The van der Waals surface area contributed by atoms with Gasteiger partial charge in [0.1, 0.15) is 0 Å². The van der Waals surface area contributed by atoms with Crippen LogP contribution >= 0.6 is 15.9 Å². The monoisotopic (exact) mass is 314 g/mol. The Morgan fingerprint density at radius 2 is 1.56 bits per heavy atom. The summed E-state index contributed by atoms with van der Waals surface area (Å²) in [6.45, 7) is 0. The molecule has 0 aliphatic heterocycles. The molecule has 0 heterocycles. The van der Waals surface area contributed by atoms with Crippen molar-refractivity contribution in [2.75, 3.05) is 0 Å². The largest absolute Gasteiger partial charge is 0.289 e. The average Bonchev–Trinajstić information content (AvgIpc) is 2.34. The van der Waals surface area contributed by atoms with Crippen molar-refractivity contribution in [2.24, 2.45) is 0 Å². The topological polar surface area (TPSA) is 17.1 Å². The SMILES string of the molecule is O=C(c1cccc(Br)c1)c1cc(F)c(F)c(F)c1. The van der Waals surface area contributed by atoms with E-state index in [1.165, 1.54) is 12.1 Å². The summed E-state index contributed by atoms with van der Waals surface area (Å²) in [7, 11) is 0. The second-order valence-corrected chi connectivity index (χ2v) is 4.51. The number of ketones is 1. The Hall–Kier alpha value is -1.62. The molecule has 2 rings (SSSR count). The minimum Gasteiger partial charge on any atom is -0.289 e. The van der Waals surface area contributed by atoms with E-state index in [2.05, 4.69) is 15.9 Å². The quantitative estimate of drug-likeness (QED) is 0.602. The number of halogens is 4. The van der Waals surface area contributed by atoms with Crippen LogP contribution in [0.5, 0.6) is 0 Å². The van der Waals surface area contributed by atoms with Crippen LogP contribution in [0.4, 0.5) is 13.2 Å². The summed E-state index contributed by atoms with van der Waals surface area (Å²) < 4.78 is 39.5. The maximum atomic E-state index is 13.0. The highest BCUT2D eigenvalue weighted by Crippen LogP contribution is 2.19. The van der Waals surface area contributed by atoms with Crippen LogP contribution in [0, 0.1) is 17.5 Å². The first-order chi connectivity index (χ1) is 8.49. The Balaban J connectivity index is 2.47. The van der Waals surface area contributed by atoms with E-state index < -0.39 is 23.2 Å². The molecule has 0 aliphatic rings. The highest BCUT2D eigenvalue weighted by atomic mass is 79.9. The molecular weight excluding hydrogens is 309 g/mol. The van der Waals surface area contributed by atoms with Crippen molar-refractivity contribution in [3.8, 4) is 0 Å². The number of carbonyl (C=O) groups is 1. The Kier molecular flexibility index (Phi) is 3.52. The molecule has 0 bridgehead atoms. The molecule has 1 nitrogen and oxygen atoms in total. The fourth-order valence-corrected chi connectivity index (χ4v) is 1.88. The van der Waals surface area contributed by atoms with E-state index in [-0.39, 0.29) is 11.1 Å². The van der Waals surface area contributed by atoms with Gasteiger partial charge < -0.3 is 0 Å². The van der Waals surface area contributed by atoms with Gasteiger partial charge in [0.25, 0.3) is 0 Å². The molecule has 0 aliphatic carbocycles. The molecule has 0 aromatic heterocycles. The molecule has 0 saturated carbocycles. The minimum atomic E-state index is -1.58. The van der Waals surface area contributed by atoms with Crippen molar-refractivity contribution >= 4 is 21.7 Å².